The molecular formula is C14H8ClNO2. The van der Waals surface area contributed by atoms with Crippen molar-refractivity contribution in [1.82, 2.24) is 0 Å². The zero-order valence-electron chi connectivity index (χ0n) is 9.24. The molecule has 0 atom stereocenters. The molecular weight excluding hydrogens is 250 g/mol. The minimum Gasteiger partial charge on any atom is -0.398 e. The maximum atomic E-state index is 12.3. The number of carbonyl (C=O) groups excluding carboxylic acids is 2. The van der Waals surface area contributed by atoms with Crippen molar-refractivity contribution in [1.29, 1.82) is 0 Å². The van der Waals surface area contributed by atoms with E-state index in [1.165, 1.54) is 0 Å². The van der Waals surface area contributed by atoms with Gasteiger partial charge in [-0.15, -0.1) is 0 Å². The molecule has 2 N–H and O–H groups in total. The molecule has 3 nitrogen and oxygen atoms in total. The Morgan fingerprint density at radius 2 is 1.39 bits per heavy atom. The molecule has 3 rings (SSSR count). The molecule has 0 spiro atoms. The molecule has 18 heavy (non-hydrogen) atoms. The average Bonchev–Trinajstić information content (AvgIpc) is 2.35. The lowest BCUT2D eigenvalue weighted by Crippen LogP contribution is -2.22. The minimum absolute atomic E-state index is 0.250. The number of benzene rings is 2. The molecule has 0 aromatic heterocycles. The number of fused-ring (bicyclic) bond motifs is 2. The summed E-state index contributed by atoms with van der Waals surface area (Å²) in [6.45, 7) is 0. The Hall–Kier alpha value is -2.13. The van der Waals surface area contributed by atoms with Crippen LogP contribution in [0, 0.1) is 0 Å². The van der Waals surface area contributed by atoms with Gasteiger partial charge in [0.25, 0.3) is 0 Å². The first-order chi connectivity index (χ1) is 8.61. The summed E-state index contributed by atoms with van der Waals surface area (Å²) in [5.74, 6) is -0.502. The van der Waals surface area contributed by atoms with Crippen LogP contribution in [-0.2, 0) is 0 Å². The Morgan fingerprint density at radius 3 is 2.11 bits per heavy atom. The summed E-state index contributed by atoms with van der Waals surface area (Å²) in [4.78, 5) is 24.7. The SMILES string of the molecule is Nc1cccc2c1C(=O)c1cccc(Cl)c1C2=O. The topological polar surface area (TPSA) is 60.2 Å². The van der Waals surface area contributed by atoms with E-state index in [2.05, 4.69) is 0 Å². The number of hydrogen-bond donors (Lipinski definition) is 1. The van der Waals surface area contributed by atoms with Crippen molar-refractivity contribution >= 4 is 28.9 Å². The third-order valence-corrected chi connectivity index (χ3v) is 3.37. The summed E-state index contributed by atoms with van der Waals surface area (Å²) in [7, 11) is 0. The summed E-state index contributed by atoms with van der Waals surface area (Å²) in [5.41, 5.74) is 7.28. The van der Waals surface area contributed by atoms with E-state index in [-0.39, 0.29) is 22.7 Å². The quantitative estimate of drug-likeness (QED) is 0.630. The zero-order valence-corrected chi connectivity index (χ0v) is 9.99. The third kappa shape index (κ3) is 1.31. The number of anilines is 1. The molecule has 0 saturated carbocycles. The molecule has 4 heteroatoms. The van der Waals surface area contributed by atoms with Gasteiger partial charge < -0.3 is 5.73 Å². The van der Waals surface area contributed by atoms with Crippen LogP contribution in [0.15, 0.2) is 36.4 Å². The van der Waals surface area contributed by atoms with Crippen LogP contribution in [0.25, 0.3) is 0 Å². The zero-order chi connectivity index (χ0) is 12.9. The Balaban J connectivity index is 2.40. The predicted octanol–water partition coefficient (Wildman–Crippen LogP) is 2.70. The Kier molecular flexibility index (Phi) is 2.25. The second kappa shape index (κ2) is 3.68. The van der Waals surface area contributed by atoms with Crippen LogP contribution in [0.3, 0.4) is 0 Å². The van der Waals surface area contributed by atoms with Crippen LogP contribution >= 0.6 is 11.6 Å². The fourth-order valence-corrected chi connectivity index (χ4v) is 2.49. The standard InChI is InChI=1S/C14H8ClNO2/c15-9-5-1-3-7-11(9)13(17)8-4-2-6-10(16)12(8)14(7)18/h1-6H,16H2. The van der Waals surface area contributed by atoms with E-state index in [1.807, 2.05) is 0 Å². The lowest BCUT2D eigenvalue weighted by molar-refractivity contribution is 0.0980. The van der Waals surface area contributed by atoms with Crippen molar-refractivity contribution in [2.45, 2.75) is 0 Å². The van der Waals surface area contributed by atoms with E-state index in [4.69, 9.17) is 17.3 Å². The smallest absolute Gasteiger partial charge is 0.196 e. The molecule has 0 bridgehead atoms. The molecule has 0 unspecified atom stereocenters. The highest BCUT2D eigenvalue weighted by atomic mass is 35.5. The van der Waals surface area contributed by atoms with Gasteiger partial charge in [-0.25, -0.2) is 0 Å². The highest BCUT2D eigenvalue weighted by Gasteiger charge is 2.32. The molecule has 1 aliphatic carbocycles. The molecule has 0 fully saturated rings. The maximum Gasteiger partial charge on any atom is 0.196 e. The van der Waals surface area contributed by atoms with E-state index in [0.717, 1.165) is 0 Å². The molecule has 2 aromatic carbocycles. The average molecular weight is 258 g/mol. The van der Waals surface area contributed by atoms with Crippen LogP contribution in [0.1, 0.15) is 31.8 Å². The maximum absolute atomic E-state index is 12.3. The number of nitrogen functional groups attached to an aromatic ring is 1. The summed E-state index contributed by atoms with van der Waals surface area (Å²) >= 11 is 6.00. The number of hydrogen-bond acceptors (Lipinski definition) is 3. The van der Waals surface area contributed by atoms with Crippen molar-refractivity contribution in [3.8, 4) is 0 Å². The second-order valence-electron chi connectivity index (χ2n) is 4.09. The van der Waals surface area contributed by atoms with Gasteiger partial charge in [0.05, 0.1) is 16.1 Å². The van der Waals surface area contributed by atoms with Gasteiger partial charge in [-0.1, -0.05) is 35.9 Å². The third-order valence-electron chi connectivity index (χ3n) is 3.05. The summed E-state index contributed by atoms with van der Waals surface area (Å²) in [5, 5.41) is 0.291. The molecule has 0 radical (unpaired) electrons. The predicted molar refractivity (Wildman–Crippen MR) is 69.2 cm³/mol. The first-order valence-electron chi connectivity index (χ1n) is 5.37. The molecule has 0 saturated heterocycles. The first-order valence-corrected chi connectivity index (χ1v) is 5.75. The van der Waals surface area contributed by atoms with Crippen molar-refractivity contribution in [3.05, 3.63) is 63.7 Å². The molecule has 88 valence electrons. The van der Waals surface area contributed by atoms with E-state index in [1.54, 1.807) is 36.4 Å². The van der Waals surface area contributed by atoms with E-state index >= 15 is 0 Å². The van der Waals surface area contributed by atoms with Gasteiger partial charge >= 0.3 is 0 Å². The first kappa shape index (κ1) is 11.0. The van der Waals surface area contributed by atoms with Gasteiger partial charge in [0.15, 0.2) is 11.6 Å². The monoisotopic (exact) mass is 257 g/mol. The highest BCUT2D eigenvalue weighted by molar-refractivity contribution is 6.39. The van der Waals surface area contributed by atoms with Gasteiger partial charge in [0, 0.05) is 16.8 Å². The normalized spacial score (nSPS) is 13.2. The Bertz CT molecular complexity index is 645. The molecule has 0 amide bonds. The molecule has 2 aromatic rings. The molecule has 1 aliphatic rings. The van der Waals surface area contributed by atoms with Crippen LogP contribution in [0.2, 0.25) is 5.02 Å². The fraction of sp³-hybridized carbons (Fsp3) is 0. The summed E-state index contributed by atoms with van der Waals surface area (Å²) in [6, 6.07) is 9.70. The van der Waals surface area contributed by atoms with Gasteiger partial charge in [-0.05, 0) is 12.1 Å². The highest BCUT2D eigenvalue weighted by Crippen LogP contribution is 2.33. The number of nitrogens with two attached hydrogens (primary N) is 1. The number of halogens is 1. The van der Waals surface area contributed by atoms with Gasteiger partial charge in [0.2, 0.25) is 0 Å². The number of ketones is 2. The minimum atomic E-state index is -0.252. The largest absolute Gasteiger partial charge is 0.398 e. The lowest BCUT2D eigenvalue weighted by Gasteiger charge is -2.19. The van der Waals surface area contributed by atoms with Crippen molar-refractivity contribution in [3.63, 3.8) is 0 Å². The summed E-state index contributed by atoms with van der Waals surface area (Å²) < 4.78 is 0. The number of rotatable bonds is 0. The van der Waals surface area contributed by atoms with Crippen molar-refractivity contribution < 1.29 is 9.59 Å². The lowest BCUT2D eigenvalue weighted by atomic mass is 9.83. The Morgan fingerprint density at radius 1 is 0.833 bits per heavy atom. The van der Waals surface area contributed by atoms with Crippen LogP contribution in [-0.4, -0.2) is 11.6 Å². The van der Waals surface area contributed by atoms with E-state index in [0.29, 0.717) is 21.8 Å². The van der Waals surface area contributed by atoms with Crippen LogP contribution in [0.4, 0.5) is 5.69 Å². The van der Waals surface area contributed by atoms with Crippen LogP contribution in [0.5, 0.6) is 0 Å². The van der Waals surface area contributed by atoms with E-state index in [9.17, 15) is 9.59 Å². The van der Waals surface area contributed by atoms with E-state index < -0.39 is 0 Å². The van der Waals surface area contributed by atoms with Gasteiger partial charge in [-0.2, -0.15) is 0 Å². The van der Waals surface area contributed by atoms with Crippen molar-refractivity contribution in [2.75, 3.05) is 5.73 Å². The second-order valence-corrected chi connectivity index (χ2v) is 4.50. The Labute approximate surface area is 108 Å². The van der Waals surface area contributed by atoms with Gasteiger partial charge in [0.1, 0.15) is 0 Å². The molecule has 0 heterocycles. The fourth-order valence-electron chi connectivity index (χ4n) is 2.23. The number of carbonyl (C=O) groups is 2. The van der Waals surface area contributed by atoms with Crippen molar-refractivity contribution in [2.24, 2.45) is 0 Å². The van der Waals surface area contributed by atoms with Gasteiger partial charge in [-0.3, -0.25) is 9.59 Å². The summed E-state index contributed by atoms with van der Waals surface area (Å²) in [6.07, 6.45) is 0. The molecule has 0 aliphatic heterocycles. The van der Waals surface area contributed by atoms with Crippen LogP contribution < -0.4 is 5.73 Å².